The Hall–Kier alpha value is -3.47. The van der Waals surface area contributed by atoms with Crippen LogP contribution in [0.3, 0.4) is 0 Å². The Kier molecular flexibility index (Phi) is 9.49. The van der Waals surface area contributed by atoms with E-state index in [1.165, 1.54) is 44.5 Å². The zero-order valence-electron chi connectivity index (χ0n) is 25.3. The van der Waals surface area contributed by atoms with E-state index in [2.05, 4.69) is 15.1 Å². The molecule has 0 radical (unpaired) electrons. The Morgan fingerprint density at radius 1 is 0.909 bits per heavy atom. The number of nitrogens with zero attached hydrogens (tertiary/aromatic N) is 4. The molecule has 3 unspecified atom stereocenters. The van der Waals surface area contributed by atoms with Gasteiger partial charge in [0, 0.05) is 88.2 Å². The van der Waals surface area contributed by atoms with Crippen molar-refractivity contribution in [3.05, 3.63) is 70.5 Å². The van der Waals surface area contributed by atoms with Crippen LogP contribution in [-0.4, -0.2) is 121 Å². The summed E-state index contributed by atoms with van der Waals surface area (Å²) in [5.41, 5.74) is 1.75. The first-order valence-electron chi connectivity index (χ1n) is 16.0. The zero-order valence-corrected chi connectivity index (χ0v) is 25.3. The van der Waals surface area contributed by atoms with Crippen LogP contribution < -0.4 is 5.32 Å². The summed E-state index contributed by atoms with van der Waals surface area (Å²) in [7, 11) is 0. The number of fused-ring (bicyclic) bond motifs is 3. The fourth-order valence-corrected chi connectivity index (χ4v) is 7.42. The summed E-state index contributed by atoms with van der Waals surface area (Å²) >= 11 is 0. The van der Waals surface area contributed by atoms with Crippen LogP contribution in [0.2, 0.25) is 0 Å². The third-order valence-electron chi connectivity index (χ3n) is 10.1. The maximum atomic E-state index is 14.8. The molecule has 4 heterocycles. The highest BCUT2D eigenvalue weighted by Gasteiger charge is 2.36. The van der Waals surface area contributed by atoms with Gasteiger partial charge in [-0.05, 0) is 55.3 Å². The number of benzene rings is 2. The van der Waals surface area contributed by atoms with E-state index in [4.69, 9.17) is 5.41 Å². The molecule has 7 rings (SSSR count). The van der Waals surface area contributed by atoms with Crippen LogP contribution in [0.15, 0.2) is 42.5 Å². The lowest BCUT2D eigenvalue weighted by atomic mass is 9.73. The summed E-state index contributed by atoms with van der Waals surface area (Å²) in [6, 6.07) is 11.9. The Labute approximate surface area is 258 Å². The monoisotopic (exact) mass is 602 g/mol. The third-order valence-corrected chi connectivity index (χ3v) is 10.1. The SMILES string of the molecule is N=C(Cc1ccc(F)c(C(=O)N2CCN(C(=O)CN3CCN(CC4CC5CCC4CN5)CC3)CC2)c1)c1ccccc1C=O. The van der Waals surface area contributed by atoms with Crippen LogP contribution in [0.5, 0.6) is 0 Å². The Morgan fingerprint density at radius 2 is 1.64 bits per heavy atom. The summed E-state index contributed by atoms with van der Waals surface area (Å²) < 4.78 is 14.8. The number of piperazine rings is 2. The van der Waals surface area contributed by atoms with Crippen molar-refractivity contribution in [2.24, 2.45) is 11.8 Å². The van der Waals surface area contributed by atoms with Gasteiger partial charge >= 0.3 is 0 Å². The first-order chi connectivity index (χ1) is 21.4. The van der Waals surface area contributed by atoms with Crippen LogP contribution in [0.25, 0.3) is 0 Å². The second kappa shape index (κ2) is 13.7. The molecule has 9 nitrogen and oxygen atoms in total. The summed E-state index contributed by atoms with van der Waals surface area (Å²) in [5.74, 6) is 0.692. The number of halogens is 1. The molecule has 0 spiro atoms. The van der Waals surface area contributed by atoms with Gasteiger partial charge in [-0.25, -0.2) is 4.39 Å². The lowest BCUT2D eigenvalue weighted by Gasteiger charge is -2.46. The molecule has 3 atom stereocenters. The molecular weight excluding hydrogens is 559 g/mol. The van der Waals surface area contributed by atoms with E-state index in [9.17, 15) is 18.8 Å². The van der Waals surface area contributed by atoms with Gasteiger partial charge in [0.15, 0.2) is 6.29 Å². The van der Waals surface area contributed by atoms with Crippen molar-refractivity contribution in [3.63, 3.8) is 0 Å². The molecule has 4 aliphatic heterocycles. The number of rotatable bonds is 9. The second-order valence-corrected chi connectivity index (χ2v) is 12.9. The van der Waals surface area contributed by atoms with E-state index in [-0.39, 0.29) is 23.6 Å². The summed E-state index contributed by atoms with van der Waals surface area (Å²) in [6.07, 6.45) is 4.88. The molecule has 234 valence electrons. The minimum absolute atomic E-state index is 0.0334. The van der Waals surface area contributed by atoms with Gasteiger partial charge in [-0.3, -0.25) is 19.3 Å². The molecule has 44 heavy (non-hydrogen) atoms. The van der Waals surface area contributed by atoms with Crippen molar-refractivity contribution < 1.29 is 18.8 Å². The fraction of sp³-hybridized carbons (Fsp3) is 0.529. The van der Waals surface area contributed by atoms with Crippen molar-refractivity contribution in [1.82, 2.24) is 24.9 Å². The second-order valence-electron chi connectivity index (χ2n) is 12.9. The van der Waals surface area contributed by atoms with E-state index in [0.29, 0.717) is 61.7 Å². The maximum Gasteiger partial charge on any atom is 0.256 e. The Balaban J connectivity index is 0.962. The van der Waals surface area contributed by atoms with Crippen LogP contribution in [-0.2, 0) is 11.2 Å². The minimum atomic E-state index is -0.608. The molecule has 4 saturated heterocycles. The van der Waals surface area contributed by atoms with Crippen LogP contribution in [0, 0.1) is 23.1 Å². The zero-order chi connectivity index (χ0) is 30.6. The normalized spacial score (nSPS) is 24.3. The number of piperidine rings is 2. The number of aldehydes is 1. The number of amides is 2. The topological polar surface area (TPSA) is 100 Å². The average Bonchev–Trinajstić information content (AvgIpc) is 3.06. The molecular formula is C34H43FN6O3. The summed E-state index contributed by atoms with van der Waals surface area (Å²) in [5, 5.41) is 12.1. The molecule has 2 aromatic carbocycles. The first-order valence-corrected chi connectivity index (χ1v) is 16.0. The average molecular weight is 603 g/mol. The molecule has 10 heteroatoms. The van der Waals surface area contributed by atoms with E-state index in [0.717, 1.165) is 38.0 Å². The Morgan fingerprint density at radius 3 is 2.32 bits per heavy atom. The first kappa shape index (κ1) is 30.6. The van der Waals surface area contributed by atoms with Crippen LogP contribution in [0.4, 0.5) is 4.39 Å². The molecule has 2 amide bonds. The largest absolute Gasteiger partial charge is 0.338 e. The maximum absolute atomic E-state index is 14.8. The molecule has 5 aliphatic rings. The van der Waals surface area contributed by atoms with E-state index < -0.39 is 11.7 Å². The lowest BCUT2D eigenvalue weighted by molar-refractivity contribution is -0.134. The fourth-order valence-electron chi connectivity index (χ4n) is 7.42. The van der Waals surface area contributed by atoms with Crippen molar-refractivity contribution in [2.45, 2.75) is 31.7 Å². The molecule has 5 fully saturated rings. The van der Waals surface area contributed by atoms with E-state index in [1.54, 1.807) is 35.2 Å². The summed E-state index contributed by atoms with van der Waals surface area (Å²) in [6.45, 7) is 8.12. The highest BCUT2D eigenvalue weighted by molar-refractivity contribution is 6.05. The van der Waals surface area contributed by atoms with Crippen molar-refractivity contribution in [1.29, 1.82) is 5.41 Å². The molecule has 2 N–H and O–H groups in total. The van der Waals surface area contributed by atoms with Crippen LogP contribution in [0.1, 0.15) is 51.1 Å². The number of hydrogen-bond donors (Lipinski definition) is 2. The van der Waals surface area contributed by atoms with Crippen LogP contribution >= 0.6 is 0 Å². The van der Waals surface area contributed by atoms with Crippen molar-refractivity contribution in [3.8, 4) is 0 Å². The number of hydrogen-bond acceptors (Lipinski definition) is 7. The van der Waals surface area contributed by atoms with Gasteiger partial charge in [0.05, 0.1) is 12.1 Å². The number of nitrogens with one attached hydrogen (secondary N) is 2. The summed E-state index contributed by atoms with van der Waals surface area (Å²) in [4.78, 5) is 46.1. The molecule has 1 aliphatic carbocycles. The molecule has 2 bridgehead atoms. The number of carbonyl (C=O) groups excluding carboxylic acids is 3. The van der Waals surface area contributed by atoms with E-state index >= 15 is 0 Å². The quantitative estimate of drug-likeness (QED) is 0.338. The highest BCUT2D eigenvalue weighted by atomic mass is 19.1. The smallest absolute Gasteiger partial charge is 0.256 e. The van der Waals surface area contributed by atoms with Gasteiger partial charge in [-0.15, -0.1) is 0 Å². The van der Waals surface area contributed by atoms with E-state index in [1.807, 2.05) is 4.90 Å². The predicted molar refractivity (Wildman–Crippen MR) is 167 cm³/mol. The number of carbonyl (C=O) groups is 3. The van der Waals surface area contributed by atoms with Crippen molar-refractivity contribution >= 4 is 23.8 Å². The molecule has 2 aromatic rings. The van der Waals surface area contributed by atoms with Gasteiger partial charge < -0.3 is 25.4 Å². The molecule has 1 saturated carbocycles. The third kappa shape index (κ3) is 6.92. The predicted octanol–water partition coefficient (Wildman–Crippen LogP) is 2.54. The van der Waals surface area contributed by atoms with Gasteiger partial charge in [0.1, 0.15) is 5.82 Å². The Bertz CT molecular complexity index is 1380. The standard InChI is InChI=1S/C34H43FN6O3/c35-31-8-5-24(18-32(36)29-4-2-1-3-26(29)23-42)17-30(31)34(44)41-15-13-40(14-16-41)33(43)22-39-11-9-38(10-12-39)21-27-19-28-7-6-25(27)20-37-28/h1-5,8,17,23,25,27-28,36-37H,6-7,9-16,18-22H2. The lowest BCUT2D eigenvalue weighted by Crippen LogP contribution is -2.56. The van der Waals surface area contributed by atoms with Gasteiger partial charge in [-0.2, -0.15) is 0 Å². The molecule has 0 aromatic heterocycles. The van der Waals surface area contributed by atoms with Crippen molar-refractivity contribution in [2.75, 3.05) is 72.0 Å². The van der Waals surface area contributed by atoms with Gasteiger partial charge in [-0.1, -0.05) is 30.3 Å². The van der Waals surface area contributed by atoms with Gasteiger partial charge in [0.2, 0.25) is 5.91 Å². The minimum Gasteiger partial charge on any atom is -0.338 e. The van der Waals surface area contributed by atoms with Gasteiger partial charge in [0.25, 0.3) is 5.91 Å². The highest BCUT2D eigenvalue weighted by Crippen LogP contribution is 2.35.